The molecule has 0 aromatic rings. The van der Waals surface area contributed by atoms with Crippen molar-refractivity contribution in [2.24, 2.45) is 0 Å². The number of hydrogen-bond acceptors (Lipinski definition) is 5. The summed E-state index contributed by atoms with van der Waals surface area (Å²) >= 11 is 3.15. The largest absolute Gasteiger partial charge is 0.477 e. The molecule has 0 saturated carbocycles. The average molecular weight is 409 g/mol. The van der Waals surface area contributed by atoms with Gasteiger partial charge in [0.05, 0.1) is 16.6 Å². The number of ether oxygens (including phenoxy) is 1. The van der Waals surface area contributed by atoms with Gasteiger partial charge in [0.25, 0.3) is 11.6 Å². The van der Waals surface area contributed by atoms with Crippen LogP contribution in [0.2, 0.25) is 0 Å². The van der Waals surface area contributed by atoms with E-state index in [0.717, 1.165) is 4.90 Å². The summed E-state index contributed by atoms with van der Waals surface area (Å²) in [6.45, 7) is 3.22. The molecule has 2 heterocycles. The van der Waals surface area contributed by atoms with Crippen molar-refractivity contribution in [2.75, 3.05) is 17.7 Å². The van der Waals surface area contributed by atoms with E-state index >= 15 is 0 Å². The number of nitrogens with one attached hydrogen (secondary N) is 1. The van der Waals surface area contributed by atoms with Crippen LogP contribution in [0.5, 0.6) is 0 Å². The van der Waals surface area contributed by atoms with Crippen LogP contribution in [0.4, 0.5) is 0 Å². The Morgan fingerprint density at radius 1 is 1.57 bits per heavy atom. The first kappa shape index (κ1) is 18.1. The van der Waals surface area contributed by atoms with Gasteiger partial charge in [0.2, 0.25) is 5.91 Å². The third-order valence-electron chi connectivity index (χ3n) is 3.52. The molecule has 3 atom stereocenters. The molecule has 2 rings (SSSR count). The van der Waals surface area contributed by atoms with E-state index in [-0.39, 0.29) is 23.4 Å². The molecule has 0 spiro atoms. The molecule has 10 heteroatoms. The Kier molecular flexibility index (Phi) is 5.27. The fraction of sp³-hybridized carbons (Fsp3) is 0.615. The van der Waals surface area contributed by atoms with E-state index in [4.69, 9.17) is 4.74 Å². The van der Waals surface area contributed by atoms with Gasteiger partial charge in [-0.05, 0) is 12.0 Å². The maximum absolute atomic E-state index is 12.6. The molecule has 1 saturated heterocycles. The lowest BCUT2D eigenvalue weighted by molar-refractivity contribution is -0.199. The first-order valence-electron chi connectivity index (χ1n) is 6.95. The summed E-state index contributed by atoms with van der Waals surface area (Å²) in [6, 6.07) is 0. The molecule has 0 aromatic carbocycles. The van der Waals surface area contributed by atoms with E-state index in [9.17, 15) is 23.7 Å². The van der Waals surface area contributed by atoms with Gasteiger partial charge in [0, 0.05) is 18.9 Å². The van der Waals surface area contributed by atoms with Gasteiger partial charge in [-0.2, -0.15) is 0 Å². The van der Waals surface area contributed by atoms with Crippen molar-refractivity contribution >= 4 is 44.5 Å². The Labute approximate surface area is 143 Å². The van der Waals surface area contributed by atoms with Crippen molar-refractivity contribution in [1.29, 1.82) is 0 Å². The quantitative estimate of drug-likeness (QED) is 0.360. The summed E-state index contributed by atoms with van der Waals surface area (Å²) in [4.78, 5) is 36.6. The number of alkyl halides is 1. The van der Waals surface area contributed by atoms with Crippen molar-refractivity contribution in [2.45, 2.75) is 31.4 Å². The Bertz CT molecular complexity index is 622. The number of carbonyl (C=O) groups is 3. The van der Waals surface area contributed by atoms with Gasteiger partial charge in [0.15, 0.2) is 5.37 Å². The molecule has 128 valence electrons. The van der Waals surface area contributed by atoms with Crippen molar-refractivity contribution < 1.29 is 28.4 Å². The predicted molar refractivity (Wildman–Crippen MR) is 84.9 cm³/mol. The number of β-lactam (4-membered cyclic amide) rings is 1. The van der Waals surface area contributed by atoms with Crippen molar-refractivity contribution in [3.05, 3.63) is 11.3 Å². The number of amides is 2. The zero-order valence-electron chi connectivity index (χ0n) is 12.6. The van der Waals surface area contributed by atoms with Gasteiger partial charge in [0.1, 0.15) is 5.70 Å². The van der Waals surface area contributed by atoms with Crippen LogP contribution in [0.15, 0.2) is 11.3 Å². The second-order valence-electron chi connectivity index (χ2n) is 5.21. The number of nitrogens with zero attached hydrogens (tertiary/aromatic N) is 1. The van der Waals surface area contributed by atoms with Crippen LogP contribution in [-0.2, 0) is 29.9 Å². The maximum Gasteiger partial charge on any atom is 0.352 e. The highest BCUT2D eigenvalue weighted by molar-refractivity contribution is 9.09. The normalized spacial score (nSPS) is 29.9. The summed E-state index contributed by atoms with van der Waals surface area (Å²) < 4.78 is 18.1. The lowest BCUT2D eigenvalue weighted by Crippen LogP contribution is -2.83. The topological polar surface area (TPSA) is 113 Å². The van der Waals surface area contributed by atoms with Gasteiger partial charge in [-0.1, -0.05) is 22.9 Å². The number of carboxylic acid groups (broad SMARTS) is 1. The first-order valence-corrected chi connectivity index (χ1v) is 9.45. The van der Waals surface area contributed by atoms with Crippen LogP contribution in [0.3, 0.4) is 0 Å². The summed E-state index contributed by atoms with van der Waals surface area (Å²) in [7, 11) is -1.59. The van der Waals surface area contributed by atoms with Crippen molar-refractivity contribution in [3.8, 4) is 0 Å². The van der Waals surface area contributed by atoms with E-state index in [1.54, 1.807) is 0 Å². The molecule has 2 aliphatic rings. The van der Waals surface area contributed by atoms with Crippen LogP contribution < -0.4 is 5.32 Å². The second kappa shape index (κ2) is 6.70. The molecule has 2 amide bonds. The van der Waals surface area contributed by atoms with Crippen molar-refractivity contribution in [3.63, 3.8) is 0 Å². The number of aliphatic carboxylic acids is 1. The first-order chi connectivity index (χ1) is 10.8. The molecule has 1 fully saturated rings. The molecule has 0 aromatic heterocycles. The number of carbonyl (C=O) groups excluding carboxylic acids is 2. The lowest BCUT2D eigenvalue weighted by Gasteiger charge is -2.55. The Hall–Kier alpha value is -1.26. The van der Waals surface area contributed by atoms with E-state index in [1.807, 2.05) is 6.92 Å². The lowest BCUT2D eigenvalue weighted by atomic mass is 9.98. The average Bonchev–Trinajstić information content (AvgIpc) is 2.49. The Morgan fingerprint density at radius 3 is 2.70 bits per heavy atom. The molecule has 0 bridgehead atoms. The highest BCUT2D eigenvalue weighted by atomic mass is 79.9. The van der Waals surface area contributed by atoms with Gasteiger partial charge in [-0.25, -0.2) is 4.79 Å². The monoisotopic (exact) mass is 408 g/mol. The third kappa shape index (κ3) is 2.83. The molecule has 0 aliphatic carbocycles. The number of carboxylic acids is 1. The zero-order chi connectivity index (χ0) is 17.4. The van der Waals surface area contributed by atoms with Crippen LogP contribution in [-0.4, -0.2) is 60.8 Å². The van der Waals surface area contributed by atoms with Crippen LogP contribution in [0, 0.1) is 0 Å². The van der Waals surface area contributed by atoms with Gasteiger partial charge >= 0.3 is 5.97 Å². The fourth-order valence-electron chi connectivity index (χ4n) is 2.68. The zero-order valence-corrected chi connectivity index (χ0v) is 15.0. The second-order valence-corrected chi connectivity index (χ2v) is 7.27. The van der Waals surface area contributed by atoms with Crippen LogP contribution >= 0.6 is 15.9 Å². The van der Waals surface area contributed by atoms with E-state index in [2.05, 4.69) is 21.2 Å². The summed E-state index contributed by atoms with van der Waals surface area (Å²) in [5, 5.41) is 11.0. The molecule has 2 aliphatic heterocycles. The molecule has 2 unspecified atom stereocenters. The summed E-state index contributed by atoms with van der Waals surface area (Å²) in [5.41, 5.74) is -1.59. The fourth-order valence-corrected chi connectivity index (χ4v) is 5.18. The van der Waals surface area contributed by atoms with Crippen molar-refractivity contribution in [1.82, 2.24) is 10.2 Å². The predicted octanol–water partition coefficient (Wildman–Crippen LogP) is -0.0904. The van der Waals surface area contributed by atoms with Crippen LogP contribution in [0.25, 0.3) is 0 Å². The van der Waals surface area contributed by atoms with Gasteiger partial charge in [-0.15, -0.1) is 0 Å². The standard InChI is InChI=1S/C13H17BrN2O6S/c1-3-4-22-13(15-7(2)17)11(20)16-9(10(18)19)8(5-14)6-23(21)12(13)16/h12H,3-6H2,1-2H3,(H,15,17)(H,18,19)/t12-,13?,23?/m0/s1. The summed E-state index contributed by atoms with van der Waals surface area (Å²) in [5.74, 6) is -2.51. The molecular weight excluding hydrogens is 392 g/mol. The minimum absolute atomic E-state index is 0.00184. The highest BCUT2D eigenvalue weighted by Crippen LogP contribution is 2.42. The molecular formula is C13H17BrN2O6S. The minimum atomic E-state index is -1.76. The van der Waals surface area contributed by atoms with E-state index in [0.29, 0.717) is 12.0 Å². The van der Waals surface area contributed by atoms with Crippen LogP contribution in [0.1, 0.15) is 20.3 Å². The van der Waals surface area contributed by atoms with Gasteiger partial charge in [-0.3, -0.25) is 18.7 Å². The SMILES string of the molecule is CCCOC1(NC(C)=O)C(=O)N2C(C(=O)O)=C(CBr)CS(=O)[C@H]21. The number of fused-ring (bicyclic) bond motifs is 1. The molecule has 0 radical (unpaired) electrons. The highest BCUT2D eigenvalue weighted by Gasteiger charge is 2.69. The van der Waals surface area contributed by atoms with E-state index in [1.165, 1.54) is 6.92 Å². The Morgan fingerprint density at radius 2 is 2.22 bits per heavy atom. The third-order valence-corrected chi connectivity index (χ3v) is 5.87. The number of hydrogen-bond donors (Lipinski definition) is 2. The van der Waals surface area contributed by atoms with E-state index < -0.39 is 39.7 Å². The van der Waals surface area contributed by atoms with Gasteiger partial charge < -0.3 is 15.2 Å². The molecule has 23 heavy (non-hydrogen) atoms. The number of rotatable bonds is 6. The molecule has 8 nitrogen and oxygen atoms in total. The Balaban J connectivity index is 2.48. The number of halogens is 1. The molecule has 2 N–H and O–H groups in total. The minimum Gasteiger partial charge on any atom is -0.477 e. The summed E-state index contributed by atoms with van der Waals surface area (Å²) in [6.07, 6.45) is 0.586. The smallest absolute Gasteiger partial charge is 0.352 e. The maximum atomic E-state index is 12.6.